The monoisotopic (exact) mass is 202 g/mol. The summed E-state index contributed by atoms with van der Waals surface area (Å²) in [4.78, 5) is 7.96. The predicted molar refractivity (Wildman–Crippen MR) is 54.5 cm³/mol. The Morgan fingerprint density at radius 3 is 2.47 bits per heavy atom. The highest BCUT2D eigenvalue weighted by molar-refractivity contribution is 5.25. The molecule has 1 N–H and O–H groups in total. The fourth-order valence-corrected chi connectivity index (χ4v) is 1.09. The van der Waals surface area contributed by atoms with Crippen molar-refractivity contribution < 1.29 is 9.84 Å². The molecule has 0 aliphatic carbocycles. The number of hydrogen-bond acceptors (Lipinski definition) is 4. The second kappa shape index (κ2) is 4.52. The van der Waals surface area contributed by atoms with Crippen molar-refractivity contribution in [3.8, 4) is 11.6 Å². The largest absolute Gasteiger partial charge is 0.438 e. The van der Waals surface area contributed by atoms with Crippen molar-refractivity contribution in [3.63, 3.8) is 0 Å². The molecular formula is C11H10N2O2. The minimum atomic E-state index is -0.112. The number of ether oxygens (including phenoxy) is 1. The molecule has 0 unspecified atom stereocenters. The molecule has 0 aliphatic rings. The van der Waals surface area contributed by atoms with Gasteiger partial charge in [0.05, 0.1) is 24.7 Å². The van der Waals surface area contributed by atoms with E-state index < -0.39 is 0 Å². The molecule has 76 valence electrons. The Morgan fingerprint density at radius 1 is 1.07 bits per heavy atom. The number of nitrogens with zero attached hydrogens (tertiary/aromatic N) is 2. The zero-order chi connectivity index (χ0) is 10.5. The van der Waals surface area contributed by atoms with E-state index in [0.29, 0.717) is 17.3 Å². The number of para-hydroxylation sites is 1. The quantitative estimate of drug-likeness (QED) is 0.823. The van der Waals surface area contributed by atoms with Crippen molar-refractivity contribution >= 4 is 0 Å². The molecule has 0 saturated carbocycles. The molecule has 1 aromatic heterocycles. The lowest BCUT2D eigenvalue weighted by molar-refractivity contribution is 0.276. The highest BCUT2D eigenvalue weighted by Gasteiger charge is 1.98. The zero-order valence-electron chi connectivity index (χ0n) is 8.00. The van der Waals surface area contributed by atoms with Gasteiger partial charge in [-0.05, 0) is 12.1 Å². The Hall–Kier alpha value is -1.94. The second-order valence-electron chi connectivity index (χ2n) is 2.92. The van der Waals surface area contributed by atoms with Crippen molar-refractivity contribution in [2.45, 2.75) is 6.61 Å². The summed E-state index contributed by atoms with van der Waals surface area (Å²) in [6.45, 7) is -0.112. The maximum atomic E-state index is 8.77. The first-order valence-electron chi connectivity index (χ1n) is 4.53. The summed E-state index contributed by atoms with van der Waals surface area (Å²) in [5.41, 5.74) is 0.524. The fourth-order valence-electron chi connectivity index (χ4n) is 1.09. The summed E-state index contributed by atoms with van der Waals surface area (Å²) in [6.07, 6.45) is 2.97. The summed E-state index contributed by atoms with van der Waals surface area (Å²) in [5.74, 6) is 1.13. The SMILES string of the molecule is OCc1cnc(Oc2ccccc2)cn1. The molecule has 0 aliphatic heterocycles. The molecule has 4 nitrogen and oxygen atoms in total. The van der Waals surface area contributed by atoms with E-state index in [1.807, 2.05) is 30.3 Å². The average Bonchev–Trinajstić information content (AvgIpc) is 2.31. The fraction of sp³-hybridized carbons (Fsp3) is 0.0909. The highest BCUT2D eigenvalue weighted by Crippen LogP contribution is 2.17. The third-order valence-electron chi connectivity index (χ3n) is 1.81. The lowest BCUT2D eigenvalue weighted by Crippen LogP contribution is -1.93. The van der Waals surface area contributed by atoms with Crippen LogP contribution >= 0.6 is 0 Å². The standard InChI is InChI=1S/C11H10N2O2/c14-8-9-6-13-11(7-12-9)15-10-4-2-1-3-5-10/h1-7,14H,8H2. The highest BCUT2D eigenvalue weighted by atomic mass is 16.5. The van der Waals surface area contributed by atoms with Crippen molar-refractivity contribution in [3.05, 3.63) is 48.4 Å². The van der Waals surface area contributed by atoms with Crippen LogP contribution in [0, 0.1) is 0 Å². The number of aliphatic hydroxyl groups is 1. The van der Waals surface area contributed by atoms with E-state index in [2.05, 4.69) is 9.97 Å². The predicted octanol–water partition coefficient (Wildman–Crippen LogP) is 1.76. The summed E-state index contributed by atoms with van der Waals surface area (Å²) in [5, 5.41) is 8.77. The minimum absolute atomic E-state index is 0.112. The van der Waals surface area contributed by atoms with Crippen molar-refractivity contribution in [1.82, 2.24) is 9.97 Å². The minimum Gasteiger partial charge on any atom is -0.438 e. The van der Waals surface area contributed by atoms with Crippen LogP contribution in [0.3, 0.4) is 0 Å². The van der Waals surface area contributed by atoms with Gasteiger partial charge in [-0.2, -0.15) is 0 Å². The van der Waals surface area contributed by atoms with Crippen LogP contribution in [-0.4, -0.2) is 15.1 Å². The molecule has 15 heavy (non-hydrogen) atoms. The second-order valence-corrected chi connectivity index (χ2v) is 2.92. The number of rotatable bonds is 3. The first-order chi connectivity index (χ1) is 7.38. The van der Waals surface area contributed by atoms with Gasteiger partial charge in [0.15, 0.2) is 0 Å². The normalized spacial score (nSPS) is 9.93. The van der Waals surface area contributed by atoms with Crippen LogP contribution in [0.15, 0.2) is 42.7 Å². The van der Waals surface area contributed by atoms with E-state index in [1.54, 1.807) is 0 Å². The Morgan fingerprint density at radius 2 is 1.87 bits per heavy atom. The third-order valence-corrected chi connectivity index (χ3v) is 1.81. The van der Waals surface area contributed by atoms with Crippen LogP contribution in [0.1, 0.15) is 5.69 Å². The molecule has 2 aromatic rings. The molecular weight excluding hydrogens is 192 g/mol. The number of benzene rings is 1. The van der Waals surface area contributed by atoms with Crippen LogP contribution in [0.25, 0.3) is 0 Å². The van der Waals surface area contributed by atoms with Gasteiger partial charge in [0.1, 0.15) is 5.75 Å². The molecule has 1 aromatic carbocycles. The Bertz CT molecular complexity index is 414. The lowest BCUT2D eigenvalue weighted by atomic mass is 10.3. The van der Waals surface area contributed by atoms with Crippen molar-refractivity contribution in [2.75, 3.05) is 0 Å². The van der Waals surface area contributed by atoms with Gasteiger partial charge < -0.3 is 9.84 Å². The van der Waals surface area contributed by atoms with E-state index >= 15 is 0 Å². The first kappa shape index (κ1) is 9.61. The van der Waals surface area contributed by atoms with Crippen molar-refractivity contribution in [1.29, 1.82) is 0 Å². The van der Waals surface area contributed by atoms with E-state index in [-0.39, 0.29) is 6.61 Å². The third kappa shape index (κ3) is 2.51. The van der Waals surface area contributed by atoms with E-state index in [4.69, 9.17) is 9.84 Å². The molecule has 2 rings (SSSR count). The summed E-state index contributed by atoms with van der Waals surface area (Å²) in [6, 6.07) is 9.34. The van der Waals surface area contributed by atoms with Gasteiger partial charge >= 0.3 is 0 Å². The van der Waals surface area contributed by atoms with Crippen LogP contribution in [0.2, 0.25) is 0 Å². The van der Waals surface area contributed by atoms with Gasteiger partial charge in [0.2, 0.25) is 5.88 Å². The molecule has 0 bridgehead atoms. The lowest BCUT2D eigenvalue weighted by Gasteiger charge is -2.03. The summed E-state index contributed by atoms with van der Waals surface area (Å²) >= 11 is 0. The maximum Gasteiger partial charge on any atom is 0.237 e. The average molecular weight is 202 g/mol. The molecule has 0 radical (unpaired) electrons. The number of hydrogen-bond donors (Lipinski definition) is 1. The van der Waals surface area contributed by atoms with Crippen LogP contribution < -0.4 is 4.74 Å². The Kier molecular flexibility index (Phi) is 2.90. The maximum absolute atomic E-state index is 8.77. The van der Waals surface area contributed by atoms with Gasteiger partial charge in [0, 0.05) is 0 Å². The van der Waals surface area contributed by atoms with Crippen LogP contribution in [-0.2, 0) is 6.61 Å². The van der Waals surface area contributed by atoms with E-state index in [9.17, 15) is 0 Å². The van der Waals surface area contributed by atoms with Crippen molar-refractivity contribution in [2.24, 2.45) is 0 Å². The van der Waals surface area contributed by atoms with Gasteiger partial charge in [-0.1, -0.05) is 18.2 Å². The van der Waals surface area contributed by atoms with E-state index in [0.717, 1.165) is 0 Å². The first-order valence-corrected chi connectivity index (χ1v) is 4.53. The summed E-state index contributed by atoms with van der Waals surface area (Å²) in [7, 11) is 0. The topological polar surface area (TPSA) is 55.2 Å². The number of aromatic nitrogens is 2. The molecule has 0 fully saturated rings. The Balaban J connectivity index is 2.11. The van der Waals surface area contributed by atoms with Crippen LogP contribution in [0.4, 0.5) is 0 Å². The molecule has 4 heteroatoms. The molecule has 0 atom stereocenters. The number of aliphatic hydroxyl groups excluding tert-OH is 1. The molecule has 1 heterocycles. The van der Waals surface area contributed by atoms with E-state index in [1.165, 1.54) is 12.4 Å². The van der Waals surface area contributed by atoms with Gasteiger partial charge in [-0.15, -0.1) is 0 Å². The van der Waals surface area contributed by atoms with Gasteiger partial charge in [0.25, 0.3) is 0 Å². The smallest absolute Gasteiger partial charge is 0.237 e. The zero-order valence-corrected chi connectivity index (χ0v) is 8.00. The molecule has 0 amide bonds. The summed E-state index contributed by atoms with van der Waals surface area (Å²) < 4.78 is 5.42. The van der Waals surface area contributed by atoms with Crippen LogP contribution in [0.5, 0.6) is 11.6 Å². The molecule has 0 saturated heterocycles. The van der Waals surface area contributed by atoms with Gasteiger partial charge in [-0.25, -0.2) is 4.98 Å². The van der Waals surface area contributed by atoms with Gasteiger partial charge in [-0.3, -0.25) is 4.98 Å². The Labute approximate surface area is 87.2 Å². The molecule has 0 spiro atoms.